The van der Waals surface area contributed by atoms with Gasteiger partial charge in [-0.2, -0.15) is 0 Å². The molecule has 0 aromatic heterocycles. The molecule has 0 spiro atoms. The molecule has 0 radical (unpaired) electrons. The number of hydrogen-bond acceptors (Lipinski definition) is 3. The fourth-order valence-electron chi connectivity index (χ4n) is 3.43. The van der Waals surface area contributed by atoms with Crippen molar-refractivity contribution in [1.29, 1.82) is 0 Å². The molecule has 4 rings (SSSR count). The van der Waals surface area contributed by atoms with Gasteiger partial charge in [-0.15, -0.1) is 0 Å². The lowest BCUT2D eigenvalue weighted by molar-refractivity contribution is -0.123. The van der Waals surface area contributed by atoms with Crippen LogP contribution >= 0.6 is 0 Å². The highest BCUT2D eigenvalue weighted by molar-refractivity contribution is 5.78. The summed E-state index contributed by atoms with van der Waals surface area (Å²) in [6.07, 6.45) is 13.0. The van der Waals surface area contributed by atoms with E-state index < -0.39 is 0 Å². The predicted molar refractivity (Wildman–Crippen MR) is 131 cm³/mol. The molecule has 4 nitrogen and oxygen atoms in total. The van der Waals surface area contributed by atoms with Crippen LogP contribution in [0.1, 0.15) is 64.9 Å². The zero-order valence-corrected chi connectivity index (χ0v) is 19.9. The molecule has 1 aromatic carbocycles. The van der Waals surface area contributed by atoms with Gasteiger partial charge in [0.2, 0.25) is 5.91 Å². The smallest absolute Gasteiger partial charge is 0.222 e. The molecule has 2 fully saturated rings. The van der Waals surface area contributed by atoms with E-state index in [0.29, 0.717) is 13.0 Å². The van der Waals surface area contributed by atoms with Crippen LogP contribution < -0.4 is 10.2 Å². The Labute approximate surface area is 189 Å². The number of rotatable bonds is 5. The second kappa shape index (κ2) is 13.4. The quantitative estimate of drug-likeness (QED) is 0.662. The van der Waals surface area contributed by atoms with E-state index in [1.54, 1.807) is 6.08 Å². The highest BCUT2D eigenvalue weighted by atomic mass is 16.3. The number of hydrogen-bond donors (Lipinski definition) is 2. The van der Waals surface area contributed by atoms with Gasteiger partial charge in [-0.05, 0) is 49.8 Å². The normalized spacial score (nSPS) is 19.7. The highest BCUT2D eigenvalue weighted by Crippen LogP contribution is 2.31. The largest absolute Gasteiger partial charge is 0.389 e. The lowest BCUT2D eigenvalue weighted by atomic mass is 10.1. The molecule has 172 valence electrons. The summed E-state index contributed by atoms with van der Waals surface area (Å²) in [5, 5.41) is 12.0. The summed E-state index contributed by atoms with van der Waals surface area (Å²) in [7, 11) is 0. The van der Waals surface area contributed by atoms with Crippen LogP contribution in [0, 0.1) is 18.8 Å². The molecular formula is C27H42N2O2. The standard InChI is InChI=1S/C11H17NO2.C11H15N.C5H10/c1-8(2)11(14)12-7-9-3-5-10(13)6-4-9;1-10-4-6-11(7-5-10)12-8-2-3-9-12;1-2-5-3-4-5/h3-5,8,10,13H,6-7H2,1-2H3,(H,12,14);4-7H,2-3,8-9H2,1H3;5H,2-4H2,1H3. The molecule has 4 heteroatoms. The van der Waals surface area contributed by atoms with Gasteiger partial charge >= 0.3 is 0 Å². The van der Waals surface area contributed by atoms with Crippen molar-refractivity contribution in [1.82, 2.24) is 5.32 Å². The zero-order valence-electron chi connectivity index (χ0n) is 19.9. The molecule has 1 unspecified atom stereocenters. The maximum Gasteiger partial charge on any atom is 0.222 e. The Balaban J connectivity index is 0.000000181. The van der Waals surface area contributed by atoms with Crippen LogP contribution in [-0.2, 0) is 4.79 Å². The fraction of sp³-hybridized carbons (Fsp3) is 0.593. The fourth-order valence-corrected chi connectivity index (χ4v) is 3.43. The van der Waals surface area contributed by atoms with Crippen molar-refractivity contribution in [2.75, 3.05) is 24.5 Å². The Morgan fingerprint density at radius 1 is 1.16 bits per heavy atom. The van der Waals surface area contributed by atoms with Crippen molar-refractivity contribution in [2.45, 2.75) is 72.3 Å². The molecule has 1 amide bonds. The average molecular weight is 427 g/mol. The number of carbonyl (C=O) groups excluding carboxylic acids is 1. The molecule has 1 heterocycles. The number of aliphatic hydroxyl groups is 1. The summed E-state index contributed by atoms with van der Waals surface area (Å²) in [6.45, 7) is 11.2. The van der Waals surface area contributed by atoms with E-state index in [9.17, 15) is 9.90 Å². The van der Waals surface area contributed by atoms with Gasteiger partial charge in [0.15, 0.2) is 0 Å². The number of amides is 1. The van der Waals surface area contributed by atoms with Gasteiger partial charge < -0.3 is 15.3 Å². The monoisotopic (exact) mass is 426 g/mol. The number of nitrogens with zero attached hydrogens (tertiary/aromatic N) is 1. The van der Waals surface area contributed by atoms with Gasteiger partial charge in [-0.3, -0.25) is 4.79 Å². The van der Waals surface area contributed by atoms with E-state index in [1.165, 1.54) is 56.4 Å². The van der Waals surface area contributed by atoms with Gasteiger partial charge in [0.25, 0.3) is 0 Å². The van der Waals surface area contributed by atoms with Crippen molar-refractivity contribution in [3.63, 3.8) is 0 Å². The maximum absolute atomic E-state index is 11.2. The van der Waals surface area contributed by atoms with E-state index in [4.69, 9.17) is 0 Å². The Bertz CT molecular complexity index is 711. The first-order valence-electron chi connectivity index (χ1n) is 12.0. The second-order valence-electron chi connectivity index (χ2n) is 9.20. The third-order valence-corrected chi connectivity index (χ3v) is 5.92. The van der Waals surface area contributed by atoms with Crippen LogP contribution in [0.3, 0.4) is 0 Å². The van der Waals surface area contributed by atoms with Gasteiger partial charge in [-0.25, -0.2) is 0 Å². The Morgan fingerprint density at radius 3 is 2.26 bits per heavy atom. The summed E-state index contributed by atoms with van der Waals surface area (Å²) < 4.78 is 0. The molecule has 1 atom stereocenters. The number of aryl methyl sites for hydroxylation is 1. The first kappa shape index (κ1) is 25.2. The van der Waals surface area contributed by atoms with Crippen LogP contribution in [0.25, 0.3) is 0 Å². The molecule has 2 N–H and O–H groups in total. The number of anilines is 1. The van der Waals surface area contributed by atoms with E-state index in [0.717, 1.165) is 11.5 Å². The molecule has 2 aliphatic carbocycles. The molecule has 1 saturated carbocycles. The summed E-state index contributed by atoms with van der Waals surface area (Å²) in [4.78, 5) is 13.7. The molecule has 1 aliphatic heterocycles. The molecule has 1 saturated heterocycles. The number of aliphatic hydroxyl groups excluding tert-OH is 1. The number of benzene rings is 1. The van der Waals surface area contributed by atoms with Crippen LogP contribution in [-0.4, -0.2) is 36.8 Å². The Kier molecular flexibility index (Phi) is 10.9. The second-order valence-corrected chi connectivity index (χ2v) is 9.20. The van der Waals surface area contributed by atoms with Crippen molar-refractivity contribution < 1.29 is 9.90 Å². The van der Waals surface area contributed by atoms with Gasteiger partial charge in [0.1, 0.15) is 0 Å². The van der Waals surface area contributed by atoms with Crippen LogP contribution in [0.2, 0.25) is 0 Å². The molecule has 1 aromatic rings. The first-order valence-corrected chi connectivity index (χ1v) is 12.0. The van der Waals surface area contributed by atoms with Crippen molar-refractivity contribution in [3.8, 4) is 0 Å². The Morgan fingerprint density at radius 2 is 1.81 bits per heavy atom. The third-order valence-electron chi connectivity index (χ3n) is 5.92. The minimum absolute atomic E-state index is 0.0220. The van der Waals surface area contributed by atoms with Gasteiger partial charge in [-0.1, -0.05) is 76.0 Å². The third kappa shape index (κ3) is 10.2. The van der Waals surface area contributed by atoms with E-state index >= 15 is 0 Å². The highest BCUT2D eigenvalue weighted by Gasteiger charge is 2.17. The molecular weight excluding hydrogens is 384 g/mol. The van der Waals surface area contributed by atoms with E-state index in [1.807, 2.05) is 26.0 Å². The van der Waals surface area contributed by atoms with Crippen LogP contribution in [0.4, 0.5) is 5.69 Å². The van der Waals surface area contributed by atoms with Crippen molar-refractivity contribution in [2.24, 2.45) is 11.8 Å². The number of carbonyl (C=O) groups is 1. The van der Waals surface area contributed by atoms with Crippen molar-refractivity contribution in [3.05, 3.63) is 53.6 Å². The zero-order chi connectivity index (χ0) is 22.6. The minimum Gasteiger partial charge on any atom is -0.389 e. The minimum atomic E-state index is -0.362. The summed E-state index contributed by atoms with van der Waals surface area (Å²) >= 11 is 0. The maximum atomic E-state index is 11.2. The Hall–Kier alpha value is -2.07. The molecule has 3 aliphatic rings. The van der Waals surface area contributed by atoms with E-state index in [2.05, 4.69) is 48.3 Å². The topological polar surface area (TPSA) is 52.6 Å². The summed E-state index contributed by atoms with van der Waals surface area (Å²) in [6, 6.07) is 8.82. The molecule has 31 heavy (non-hydrogen) atoms. The summed E-state index contributed by atoms with van der Waals surface area (Å²) in [5.74, 6) is 1.22. The van der Waals surface area contributed by atoms with E-state index in [-0.39, 0.29) is 17.9 Å². The number of nitrogens with one attached hydrogen (secondary N) is 1. The molecule has 0 bridgehead atoms. The van der Waals surface area contributed by atoms with Gasteiger partial charge in [0, 0.05) is 31.2 Å². The lowest BCUT2D eigenvalue weighted by Crippen LogP contribution is -2.29. The average Bonchev–Trinajstić information content (AvgIpc) is 3.47. The van der Waals surface area contributed by atoms with Crippen LogP contribution in [0.15, 0.2) is 48.1 Å². The SMILES string of the molecule is CC(C)C(=O)NCC1=CCC(O)C=C1.CCC1CC1.Cc1ccc(N2CCCC2)cc1. The van der Waals surface area contributed by atoms with Crippen molar-refractivity contribution >= 4 is 11.6 Å². The predicted octanol–water partition coefficient (Wildman–Crippen LogP) is 5.41. The first-order chi connectivity index (χ1) is 14.9. The van der Waals surface area contributed by atoms with Crippen LogP contribution in [0.5, 0.6) is 0 Å². The van der Waals surface area contributed by atoms with Gasteiger partial charge in [0.05, 0.1) is 6.10 Å². The lowest BCUT2D eigenvalue weighted by Gasteiger charge is -2.17. The summed E-state index contributed by atoms with van der Waals surface area (Å²) in [5.41, 5.74) is 3.79.